The molecule has 1 aliphatic carbocycles. The third kappa shape index (κ3) is 3.29. The summed E-state index contributed by atoms with van der Waals surface area (Å²) in [6.45, 7) is 0. The number of aromatic nitrogens is 2. The molecule has 2 heterocycles. The smallest absolute Gasteiger partial charge is 0.313 e. The van der Waals surface area contributed by atoms with Gasteiger partial charge in [-0.1, -0.05) is 11.8 Å². The van der Waals surface area contributed by atoms with Crippen molar-refractivity contribution in [3.8, 4) is 17.1 Å². The average molecular weight is 386 g/mol. The highest BCUT2D eigenvalue weighted by Gasteiger charge is 2.22. The van der Waals surface area contributed by atoms with Gasteiger partial charge in [-0.25, -0.2) is 9.97 Å². The molecule has 0 unspecified atom stereocenters. The van der Waals surface area contributed by atoms with E-state index >= 15 is 0 Å². The lowest BCUT2D eigenvalue weighted by atomic mass is 9.97. The maximum absolute atomic E-state index is 11.1. The van der Waals surface area contributed by atoms with Crippen LogP contribution in [-0.4, -0.2) is 33.9 Å². The first-order chi connectivity index (χ1) is 12.7. The lowest BCUT2D eigenvalue weighted by Gasteiger charge is -2.12. The van der Waals surface area contributed by atoms with Crippen molar-refractivity contribution in [3.05, 3.63) is 34.7 Å². The largest absolute Gasteiger partial charge is 0.497 e. The van der Waals surface area contributed by atoms with Crippen LogP contribution in [-0.2, 0) is 17.6 Å². The van der Waals surface area contributed by atoms with Crippen LogP contribution in [0.4, 0.5) is 0 Å². The number of carboxylic acids is 1. The summed E-state index contributed by atoms with van der Waals surface area (Å²) >= 11 is 3.01. The summed E-state index contributed by atoms with van der Waals surface area (Å²) in [4.78, 5) is 23.0. The van der Waals surface area contributed by atoms with Crippen LogP contribution in [0, 0.1) is 0 Å². The molecular formula is C19H18N2O3S2. The average Bonchev–Trinajstić information content (AvgIpc) is 3.04. The zero-order valence-corrected chi connectivity index (χ0v) is 16.0. The number of hydrogen-bond acceptors (Lipinski definition) is 6. The number of hydrogen-bond donors (Lipinski definition) is 1. The number of fused-ring (bicyclic) bond motifs is 3. The molecule has 0 saturated heterocycles. The lowest BCUT2D eigenvalue weighted by Crippen LogP contribution is -2.02. The first-order valence-corrected chi connectivity index (χ1v) is 10.3. The van der Waals surface area contributed by atoms with Gasteiger partial charge in [-0.15, -0.1) is 11.3 Å². The summed E-state index contributed by atoms with van der Waals surface area (Å²) in [6.07, 6.45) is 4.48. The SMILES string of the molecule is COc1ccc(-c2nc(SCC(=O)O)c3c4c(sc3n2)CCCC4)cc1. The fourth-order valence-electron chi connectivity index (χ4n) is 3.23. The van der Waals surface area contributed by atoms with Gasteiger partial charge in [-0.3, -0.25) is 4.79 Å². The first-order valence-electron chi connectivity index (χ1n) is 8.47. The molecule has 7 heteroatoms. The molecule has 2 aromatic heterocycles. The summed E-state index contributed by atoms with van der Waals surface area (Å²) in [7, 11) is 1.63. The number of ether oxygens (including phenoxy) is 1. The van der Waals surface area contributed by atoms with Gasteiger partial charge in [-0.2, -0.15) is 0 Å². The third-order valence-corrected chi connectivity index (χ3v) is 6.61. The van der Waals surface area contributed by atoms with E-state index in [1.165, 1.54) is 35.0 Å². The number of benzene rings is 1. The number of aryl methyl sites for hydroxylation is 2. The maximum atomic E-state index is 11.1. The number of thiophene rings is 1. The van der Waals surface area contributed by atoms with Gasteiger partial charge in [0, 0.05) is 15.8 Å². The molecule has 5 nitrogen and oxygen atoms in total. The number of rotatable bonds is 5. The van der Waals surface area contributed by atoms with Crippen LogP contribution in [0.1, 0.15) is 23.3 Å². The van der Waals surface area contributed by atoms with Gasteiger partial charge in [0.05, 0.1) is 12.9 Å². The van der Waals surface area contributed by atoms with E-state index in [1.807, 2.05) is 24.3 Å². The fraction of sp³-hybridized carbons (Fsp3) is 0.316. The molecule has 0 spiro atoms. The number of thioether (sulfide) groups is 1. The van der Waals surface area contributed by atoms with Crippen molar-refractivity contribution in [2.45, 2.75) is 30.7 Å². The predicted octanol–water partition coefficient (Wildman–Crippen LogP) is 4.42. The van der Waals surface area contributed by atoms with Gasteiger partial charge in [0.1, 0.15) is 15.6 Å². The highest BCUT2D eigenvalue weighted by atomic mass is 32.2. The van der Waals surface area contributed by atoms with Crippen molar-refractivity contribution in [3.63, 3.8) is 0 Å². The molecule has 0 amide bonds. The zero-order valence-electron chi connectivity index (χ0n) is 14.3. The van der Waals surface area contributed by atoms with Gasteiger partial charge < -0.3 is 9.84 Å². The number of carboxylic acid groups (broad SMARTS) is 1. The minimum Gasteiger partial charge on any atom is -0.497 e. The second-order valence-electron chi connectivity index (χ2n) is 6.15. The molecule has 0 fully saturated rings. The standard InChI is InChI=1S/C19H18N2O3S2/c1-24-12-8-6-11(7-9-12)17-20-18(25-10-15(22)23)16-13-4-2-3-5-14(13)26-19(16)21-17/h6-9H,2-5,10H2,1H3,(H,22,23). The Morgan fingerprint density at radius 2 is 2.00 bits per heavy atom. The minimum absolute atomic E-state index is 0.00120. The van der Waals surface area contributed by atoms with Crippen LogP contribution >= 0.6 is 23.1 Å². The van der Waals surface area contributed by atoms with E-state index < -0.39 is 5.97 Å². The zero-order chi connectivity index (χ0) is 18.1. The van der Waals surface area contributed by atoms with Gasteiger partial charge in [-0.05, 0) is 55.5 Å². The third-order valence-electron chi connectivity index (χ3n) is 4.46. The van der Waals surface area contributed by atoms with E-state index in [0.29, 0.717) is 5.82 Å². The molecule has 4 rings (SSSR count). The molecule has 0 atom stereocenters. The summed E-state index contributed by atoms with van der Waals surface area (Å²) in [5.74, 6) is 0.573. The van der Waals surface area contributed by atoms with Crippen molar-refractivity contribution in [1.29, 1.82) is 0 Å². The van der Waals surface area contributed by atoms with Crippen LogP contribution in [0.3, 0.4) is 0 Å². The van der Waals surface area contributed by atoms with Gasteiger partial charge in [0.15, 0.2) is 5.82 Å². The summed E-state index contributed by atoms with van der Waals surface area (Å²) in [5.41, 5.74) is 2.22. The van der Waals surface area contributed by atoms with Crippen LogP contribution < -0.4 is 4.74 Å². The number of nitrogens with zero attached hydrogens (tertiary/aromatic N) is 2. The molecule has 0 saturated carbocycles. The molecule has 3 aromatic rings. The molecular weight excluding hydrogens is 368 g/mol. The molecule has 134 valence electrons. The molecule has 0 aliphatic heterocycles. The van der Waals surface area contributed by atoms with Crippen LogP contribution in [0.15, 0.2) is 29.3 Å². The minimum atomic E-state index is -0.836. The van der Waals surface area contributed by atoms with E-state index in [9.17, 15) is 4.79 Å². The van der Waals surface area contributed by atoms with E-state index in [0.717, 1.165) is 39.4 Å². The Hall–Kier alpha value is -2.12. The van der Waals surface area contributed by atoms with E-state index in [-0.39, 0.29) is 5.75 Å². The maximum Gasteiger partial charge on any atom is 0.313 e. The fourth-order valence-corrected chi connectivity index (χ4v) is 5.33. The monoisotopic (exact) mass is 386 g/mol. The summed E-state index contributed by atoms with van der Waals surface area (Å²) < 4.78 is 5.21. The molecule has 1 aliphatic rings. The van der Waals surface area contributed by atoms with Gasteiger partial charge >= 0.3 is 5.97 Å². The number of methoxy groups -OCH3 is 1. The number of carbonyl (C=O) groups is 1. The highest BCUT2D eigenvalue weighted by molar-refractivity contribution is 8.00. The van der Waals surface area contributed by atoms with Crippen molar-refractivity contribution in [2.75, 3.05) is 12.9 Å². The van der Waals surface area contributed by atoms with Crippen LogP contribution in [0.5, 0.6) is 5.75 Å². The topological polar surface area (TPSA) is 72.3 Å². The van der Waals surface area contributed by atoms with Crippen molar-refractivity contribution in [2.24, 2.45) is 0 Å². The molecule has 26 heavy (non-hydrogen) atoms. The Bertz CT molecular complexity index is 967. The Kier molecular flexibility index (Phi) is 4.82. The Morgan fingerprint density at radius 3 is 2.73 bits per heavy atom. The molecule has 1 aromatic carbocycles. The highest BCUT2D eigenvalue weighted by Crippen LogP contribution is 2.40. The van der Waals surface area contributed by atoms with Crippen molar-refractivity contribution in [1.82, 2.24) is 9.97 Å². The van der Waals surface area contributed by atoms with E-state index in [2.05, 4.69) is 0 Å². The van der Waals surface area contributed by atoms with Gasteiger partial charge in [0.2, 0.25) is 0 Å². The van der Waals surface area contributed by atoms with E-state index in [1.54, 1.807) is 18.4 Å². The normalized spacial score (nSPS) is 13.6. The van der Waals surface area contributed by atoms with Crippen LogP contribution in [0.25, 0.3) is 21.6 Å². The quantitative estimate of drug-likeness (QED) is 0.517. The Labute approximate surface area is 159 Å². The second-order valence-corrected chi connectivity index (χ2v) is 8.20. The van der Waals surface area contributed by atoms with E-state index in [4.69, 9.17) is 19.8 Å². The van der Waals surface area contributed by atoms with Crippen molar-refractivity contribution >= 4 is 39.3 Å². The van der Waals surface area contributed by atoms with Crippen molar-refractivity contribution < 1.29 is 14.6 Å². The Morgan fingerprint density at radius 1 is 1.23 bits per heavy atom. The Balaban J connectivity index is 1.84. The van der Waals surface area contributed by atoms with Crippen LogP contribution in [0.2, 0.25) is 0 Å². The predicted molar refractivity (Wildman–Crippen MR) is 104 cm³/mol. The molecule has 1 N–H and O–H groups in total. The number of aliphatic carboxylic acids is 1. The molecule has 0 bridgehead atoms. The first kappa shape index (κ1) is 17.3. The molecule has 0 radical (unpaired) electrons. The van der Waals surface area contributed by atoms with Gasteiger partial charge in [0.25, 0.3) is 0 Å². The second kappa shape index (κ2) is 7.25. The summed E-state index contributed by atoms with van der Waals surface area (Å²) in [5, 5.41) is 10.9. The lowest BCUT2D eigenvalue weighted by molar-refractivity contribution is -0.133. The summed E-state index contributed by atoms with van der Waals surface area (Å²) in [6, 6.07) is 7.62.